The van der Waals surface area contributed by atoms with Gasteiger partial charge in [0.15, 0.2) is 0 Å². The molecular weight excluding hydrogens is 285 g/mol. The first kappa shape index (κ1) is 11.8. The van der Waals surface area contributed by atoms with Crippen LogP contribution in [-0.4, -0.2) is 6.10 Å². The zero-order valence-corrected chi connectivity index (χ0v) is 9.94. The molecule has 0 bridgehead atoms. The van der Waals surface area contributed by atoms with E-state index >= 15 is 0 Å². The molecule has 0 spiro atoms. The summed E-state index contributed by atoms with van der Waals surface area (Å²) in [7, 11) is 0. The minimum atomic E-state index is -2.83. The molecule has 16 heavy (non-hydrogen) atoms. The van der Waals surface area contributed by atoms with Crippen molar-refractivity contribution in [1.29, 1.82) is 0 Å². The maximum atomic E-state index is 13.3. The Labute approximate surface area is 99.7 Å². The van der Waals surface area contributed by atoms with Crippen molar-refractivity contribution < 1.29 is 17.9 Å². The molecule has 2 rings (SSSR count). The van der Waals surface area contributed by atoms with Gasteiger partial charge in [0, 0.05) is 0 Å². The van der Waals surface area contributed by atoms with Crippen LogP contribution in [0.4, 0.5) is 13.2 Å². The van der Waals surface area contributed by atoms with Crippen molar-refractivity contribution in [3.05, 3.63) is 28.0 Å². The Morgan fingerprint density at radius 3 is 2.50 bits per heavy atom. The maximum Gasteiger partial charge on any atom is 0.266 e. The minimum Gasteiger partial charge on any atom is -0.490 e. The summed E-state index contributed by atoms with van der Waals surface area (Å²) in [4.78, 5) is 0. The molecule has 1 aliphatic rings. The number of ether oxygens (including phenoxy) is 1. The highest BCUT2D eigenvalue weighted by molar-refractivity contribution is 9.10. The summed E-state index contributed by atoms with van der Waals surface area (Å²) >= 11 is 2.91. The van der Waals surface area contributed by atoms with Crippen LogP contribution < -0.4 is 4.74 Å². The number of rotatable bonds is 3. The van der Waals surface area contributed by atoms with E-state index in [9.17, 15) is 13.2 Å². The molecule has 88 valence electrons. The third-order valence-corrected chi connectivity index (χ3v) is 3.20. The number of hydrogen-bond donors (Lipinski definition) is 0. The van der Waals surface area contributed by atoms with E-state index in [1.165, 1.54) is 6.07 Å². The van der Waals surface area contributed by atoms with Gasteiger partial charge in [-0.3, -0.25) is 0 Å². The van der Waals surface area contributed by atoms with Crippen LogP contribution in [-0.2, 0) is 0 Å². The molecule has 0 atom stereocenters. The highest BCUT2D eigenvalue weighted by Crippen LogP contribution is 2.34. The number of hydrogen-bond acceptors (Lipinski definition) is 1. The fourth-order valence-corrected chi connectivity index (χ4v) is 1.95. The molecule has 0 radical (unpaired) electrons. The van der Waals surface area contributed by atoms with Crippen LogP contribution >= 0.6 is 15.9 Å². The molecule has 0 aromatic heterocycles. The molecule has 1 nitrogen and oxygen atoms in total. The molecule has 1 aromatic carbocycles. The van der Waals surface area contributed by atoms with Crippen molar-refractivity contribution in [2.75, 3.05) is 0 Å². The smallest absolute Gasteiger partial charge is 0.266 e. The number of alkyl halides is 2. The molecule has 0 N–H and O–H groups in total. The number of halogens is 4. The predicted molar refractivity (Wildman–Crippen MR) is 57.3 cm³/mol. The minimum absolute atomic E-state index is 0.0135. The van der Waals surface area contributed by atoms with Crippen LogP contribution in [0.2, 0.25) is 0 Å². The average molecular weight is 295 g/mol. The maximum absolute atomic E-state index is 13.3. The lowest BCUT2D eigenvalue weighted by Crippen LogP contribution is -2.24. The zero-order chi connectivity index (χ0) is 11.7. The molecule has 0 saturated heterocycles. The first-order valence-corrected chi connectivity index (χ1v) is 5.81. The topological polar surface area (TPSA) is 9.23 Å². The van der Waals surface area contributed by atoms with Gasteiger partial charge < -0.3 is 4.74 Å². The van der Waals surface area contributed by atoms with Gasteiger partial charge in [-0.1, -0.05) is 0 Å². The van der Waals surface area contributed by atoms with Gasteiger partial charge in [0.2, 0.25) is 0 Å². The fourth-order valence-electron chi connectivity index (χ4n) is 1.49. The van der Waals surface area contributed by atoms with E-state index in [2.05, 4.69) is 15.9 Å². The second kappa shape index (κ2) is 4.65. The molecule has 1 saturated carbocycles. The largest absolute Gasteiger partial charge is 0.490 e. The van der Waals surface area contributed by atoms with Crippen LogP contribution in [0.3, 0.4) is 0 Å². The lowest BCUT2D eigenvalue weighted by atomic mass is 9.96. The second-order valence-electron chi connectivity index (χ2n) is 3.78. The molecule has 1 aromatic rings. The van der Waals surface area contributed by atoms with Gasteiger partial charge in [0.05, 0.1) is 16.1 Å². The van der Waals surface area contributed by atoms with E-state index in [1.54, 1.807) is 0 Å². The first-order chi connectivity index (χ1) is 7.58. The van der Waals surface area contributed by atoms with Crippen LogP contribution in [0, 0.1) is 5.82 Å². The number of benzene rings is 1. The molecule has 0 aliphatic heterocycles. The van der Waals surface area contributed by atoms with Crippen molar-refractivity contribution in [1.82, 2.24) is 0 Å². The summed E-state index contributed by atoms with van der Waals surface area (Å²) in [6.07, 6.45) is 0.205. The Morgan fingerprint density at radius 2 is 2.00 bits per heavy atom. The van der Waals surface area contributed by atoms with Crippen molar-refractivity contribution in [3.63, 3.8) is 0 Å². The van der Waals surface area contributed by atoms with Gasteiger partial charge in [0.25, 0.3) is 6.43 Å². The Bertz CT molecular complexity index is 391. The van der Waals surface area contributed by atoms with Crippen molar-refractivity contribution in [2.24, 2.45) is 0 Å². The third-order valence-electron chi connectivity index (χ3n) is 2.62. The molecular formula is C11H10BrF3O. The lowest BCUT2D eigenvalue weighted by Gasteiger charge is -2.26. The van der Waals surface area contributed by atoms with Crippen LogP contribution in [0.15, 0.2) is 16.6 Å². The Balaban J connectivity index is 2.24. The van der Waals surface area contributed by atoms with E-state index in [0.717, 1.165) is 25.3 Å². The van der Waals surface area contributed by atoms with Gasteiger partial charge in [-0.15, -0.1) is 0 Å². The first-order valence-electron chi connectivity index (χ1n) is 5.01. The molecule has 5 heteroatoms. The Kier molecular flexibility index (Phi) is 3.42. The van der Waals surface area contributed by atoms with Crippen LogP contribution in [0.25, 0.3) is 0 Å². The molecule has 1 aliphatic carbocycles. The molecule has 0 amide bonds. The summed E-state index contributed by atoms with van der Waals surface area (Å²) in [5.74, 6) is -0.621. The van der Waals surface area contributed by atoms with Gasteiger partial charge >= 0.3 is 0 Å². The lowest BCUT2D eigenvalue weighted by molar-refractivity contribution is 0.117. The van der Waals surface area contributed by atoms with Crippen LogP contribution in [0.1, 0.15) is 31.3 Å². The molecule has 0 unspecified atom stereocenters. The van der Waals surface area contributed by atoms with E-state index in [-0.39, 0.29) is 10.6 Å². The monoisotopic (exact) mass is 294 g/mol. The van der Waals surface area contributed by atoms with E-state index in [1.807, 2.05) is 0 Å². The summed E-state index contributed by atoms with van der Waals surface area (Å²) in [6, 6.07) is 2.46. The SMILES string of the molecule is Fc1c(Br)cc(OC2CCC2)cc1C(F)F. The van der Waals surface area contributed by atoms with Gasteiger partial charge in [-0.05, 0) is 47.3 Å². The molecule has 0 heterocycles. The predicted octanol–water partition coefficient (Wildman–Crippen LogP) is 4.46. The summed E-state index contributed by atoms with van der Waals surface area (Å²) in [5, 5.41) is 0. The summed E-state index contributed by atoms with van der Waals surface area (Å²) in [6.45, 7) is 0. The van der Waals surface area contributed by atoms with Crippen LogP contribution in [0.5, 0.6) is 5.75 Å². The quantitative estimate of drug-likeness (QED) is 0.800. The van der Waals surface area contributed by atoms with Gasteiger partial charge in [-0.2, -0.15) is 0 Å². The Hall–Kier alpha value is -0.710. The fraction of sp³-hybridized carbons (Fsp3) is 0.455. The van der Waals surface area contributed by atoms with E-state index in [4.69, 9.17) is 4.74 Å². The Morgan fingerprint density at radius 1 is 1.31 bits per heavy atom. The standard InChI is InChI=1S/C11H10BrF3O/c12-9-5-7(16-6-2-1-3-6)4-8(10(9)13)11(14)15/h4-6,11H,1-3H2. The molecule has 1 fully saturated rings. The average Bonchev–Trinajstić information content (AvgIpc) is 2.16. The van der Waals surface area contributed by atoms with Crippen molar-refractivity contribution in [3.8, 4) is 5.75 Å². The highest BCUT2D eigenvalue weighted by atomic mass is 79.9. The summed E-state index contributed by atoms with van der Waals surface area (Å²) < 4.78 is 43.8. The zero-order valence-electron chi connectivity index (χ0n) is 8.35. The normalized spacial score (nSPS) is 16.3. The van der Waals surface area contributed by atoms with E-state index in [0.29, 0.717) is 5.75 Å². The van der Waals surface area contributed by atoms with Gasteiger partial charge in [0.1, 0.15) is 11.6 Å². The van der Waals surface area contributed by atoms with E-state index < -0.39 is 17.8 Å². The van der Waals surface area contributed by atoms with Gasteiger partial charge in [-0.25, -0.2) is 13.2 Å². The second-order valence-corrected chi connectivity index (χ2v) is 4.63. The highest BCUT2D eigenvalue weighted by Gasteiger charge is 2.22. The third kappa shape index (κ3) is 2.34. The van der Waals surface area contributed by atoms with Crippen molar-refractivity contribution in [2.45, 2.75) is 31.8 Å². The summed E-state index contributed by atoms with van der Waals surface area (Å²) in [5.41, 5.74) is -0.622. The van der Waals surface area contributed by atoms with Crippen molar-refractivity contribution >= 4 is 15.9 Å².